The van der Waals surface area contributed by atoms with Crippen LogP contribution in [-0.2, 0) is 21.5 Å². The van der Waals surface area contributed by atoms with Crippen molar-refractivity contribution in [3.8, 4) is 17.2 Å². The number of hydrogen-bond donors (Lipinski definition) is 5. The second-order valence-electron chi connectivity index (χ2n) is 11.6. The van der Waals surface area contributed by atoms with Gasteiger partial charge in [-0.25, -0.2) is 0 Å². The molecule has 0 amide bonds. The molecule has 39 heavy (non-hydrogen) atoms. The van der Waals surface area contributed by atoms with Gasteiger partial charge in [0, 0.05) is 36.6 Å². The zero-order chi connectivity index (χ0) is 28.3. The van der Waals surface area contributed by atoms with E-state index in [4.69, 9.17) is 14.2 Å². The first-order valence-corrected chi connectivity index (χ1v) is 12.7. The Balaban J connectivity index is 1.58. The summed E-state index contributed by atoms with van der Waals surface area (Å²) in [5.74, 6) is -2.54. The molecular formula is C28H31NO10. The number of fused-ring (bicyclic) bond motifs is 8. The number of likely N-dealkylation sites (N-methyl/N-ethyl adjacent to an activating group) is 1. The summed E-state index contributed by atoms with van der Waals surface area (Å²) in [6.45, 7) is 3.19. The van der Waals surface area contributed by atoms with E-state index in [0.29, 0.717) is 11.1 Å². The van der Waals surface area contributed by atoms with Crippen LogP contribution < -0.4 is 4.74 Å². The molecule has 208 valence electrons. The average Bonchev–Trinajstić information content (AvgIpc) is 2.84. The Morgan fingerprint density at radius 2 is 1.74 bits per heavy atom. The van der Waals surface area contributed by atoms with Crippen molar-refractivity contribution < 1.29 is 49.3 Å². The molecule has 6 rings (SSSR count). The van der Waals surface area contributed by atoms with Crippen LogP contribution in [0.15, 0.2) is 12.1 Å². The van der Waals surface area contributed by atoms with Crippen molar-refractivity contribution in [2.24, 2.45) is 0 Å². The molecule has 11 heteroatoms. The van der Waals surface area contributed by atoms with Crippen LogP contribution in [0.25, 0.3) is 0 Å². The number of benzene rings is 2. The molecule has 0 radical (unpaired) electrons. The summed E-state index contributed by atoms with van der Waals surface area (Å²) in [4.78, 5) is 29.5. The normalized spacial score (nSPS) is 34.6. The highest BCUT2D eigenvalue weighted by Crippen LogP contribution is 2.54. The van der Waals surface area contributed by atoms with Gasteiger partial charge in [-0.05, 0) is 45.6 Å². The third-order valence-electron chi connectivity index (χ3n) is 8.66. The predicted octanol–water partition coefficient (Wildman–Crippen LogP) is 0.874. The van der Waals surface area contributed by atoms with Gasteiger partial charge in [0.2, 0.25) is 12.1 Å². The lowest BCUT2D eigenvalue weighted by Gasteiger charge is -2.53. The van der Waals surface area contributed by atoms with E-state index in [9.17, 15) is 35.1 Å². The predicted molar refractivity (Wildman–Crippen MR) is 134 cm³/mol. The molecule has 2 heterocycles. The van der Waals surface area contributed by atoms with Crippen molar-refractivity contribution in [1.29, 1.82) is 0 Å². The lowest BCUT2D eigenvalue weighted by Crippen LogP contribution is -2.68. The molecule has 1 saturated heterocycles. The minimum Gasteiger partial charge on any atom is -0.507 e. The Kier molecular flexibility index (Phi) is 5.52. The van der Waals surface area contributed by atoms with Gasteiger partial charge in [0.15, 0.2) is 5.78 Å². The number of ketones is 2. The lowest BCUT2D eigenvalue weighted by molar-refractivity contribution is -0.311. The van der Waals surface area contributed by atoms with Crippen molar-refractivity contribution in [3.63, 3.8) is 0 Å². The number of carbonyl (C=O) groups excluding carboxylic acids is 2. The Morgan fingerprint density at radius 3 is 2.38 bits per heavy atom. The summed E-state index contributed by atoms with van der Waals surface area (Å²) < 4.78 is 17.4. The molecule has 2 aromatic rings. The van der Waals surface area contributed by atoms with E-state index in [0.717, 1.165) is 0 Å². The van der Waals surface area contributed by atoms with Crippen LogP contribution >= 0.6 is 0 Å². The van der Waals surface area contributed by atoms with Crippen LogP contribution in [0.2, 0.25) is 0 Å². The van der Waals surface area contributed by atoms with Crippen molar-refractivity contribution in [2.45, 2.75) is 68.5 Å². The summed E-state index contributed by atoms with van der Waals surface area (Å²) in [5, 5.41) is 55.4. The Labute approximate surface area is 224 Å². The van der Waals surface area contributed by atoms with Crippen LogP contribution in [0.1, 0.15) is 74.9 Å². The molecule has 0 saturated carbocycles. The van der Waals surface area contributed by atoms with Gasteiger partial charge < -0.3 is 44.6 Å². The standard InChI is InChI=1S/C28H31NO10/c1-27(36)8-10-6-11-16(21(32)15(10)14(9-27)37-5)22(33)17-13(30)7-12-24(18(17)20(11)31)38-26-23(34)19(29(3)4)25(35)28(12,2)39-26/h6-7,14,19,23,25-26,30,32,34-36H,8-9H2,1-5H3/t14-,19+,23+,25-,26-,27+,28-/m1/s1. The molecule has 0 spiro atoms. The number of phenols is 2. The summed E-state index contributed by atoms with van der Waals surface area (Å²) in [6.07, 6.45) is -4.29. The molecule has 4 aliphatic rings. The lowest BCUT2D eigenvalue weighted by atomic mass is 9.72. The SMILES string of the molecule is CO[C@@H]1C[C@@](C)(O)Cc2cc3c(c(O)c21)C(=O)c1c(O)cc2c(c1C3=O)O[C@@H]1O[C@@]2(C)[C@H](O)[C@@H](N(C)C)[C@@H]1O. The van der Waals surface area contributed by atoms with Crippen LogP contribution in [0.4, 0.5) is 0 Å². The first kappa shape index (κ1) is 26.2. The number of aromatic hydroxyl groups is 2. The highest BCUT2D eigenvalue weighted by atomic mass is 16.7. The van der Waals surface area contributed by atoms with Crippen LogP contribution in [0, 0.1) is 0 Å². The van der Waals surface area contributed by atoms with Gasteiger partial charge in [-0.2, -0.15) is 0 Å². The first-order chi connectivity index (χ1) is 18.2. The molecule has 5 N–H and O–H groups in total. The number of carbonyl (C=O) groups is 2. The summed E-state index contributed by atoms with van der Waals surface area (Å²) in [6, 6.07) is 1.90. The summed E-state index contributed by atoms with van der Waals surface area (Å²) in [7, 11) is 4.80. The van der Waals surface area contributed by atoms with E-state index >= 15 is 0 Å². The minimum absolute atomic E-state index is 0.0835. The number of hydrogen-bond acceptors (Lipinski definition) is 11. The quantitative estimate of drug-likeness (QED) is 0.312. The van der Waals surface area contributed by atoms with Crippen LogP contribution in [0.5, 0.6) is 17.2 Å². The van der Waals surface area contributed by atoms with Gasteiger partial charge in [-0.15, -0.1) is 0 Å². The van der Waals surface area contributed by atoms with Gasteiger partial charge in [0.05, 0.1) is 34.4 Å². The Morgan fingerprint density at radius 1 is 1.05 bits per heavy atom. The molecule has 7 atom stereocenters. The van der Waals surface area contributed by atoms with Gasteiger partial charge in [-0.3, -0.25) is 9.59 Å². The molecule has 2 aromatic carbocycles. The molecular weight excluding hydrogens is 510 g/mol. The van der Waals surface area contributed by atoms with Crippen molar-refractivity contribution in [1.82, 2.24) is 4.90 Å². The Hall–Kier alpha value is -3.06. The summed E-state index contributed by atoms with van der Waals surface area (Å²) in [5.41, 5.74) is -2.71. The first-order valence-electron chi connectivity index (χ1n) is 12.7. The topological polar surface area (TPSA) is 166 Å². The Bertz CT molecular complexity index is 1450. The number of phenolic OH excluding ortho intramolecular Hbond substituents is 2. The fraction of sp³-hybridized carbons (Fsp3) is 0.500. The highest BCUT2D eigenvalue weighted by Gasteiger charge is 2.59. The fourth-order valence-corrected chi connectivity index (χ4v) is 6.76. The second-order valence-corrected chi connectivity index (χ2v) is 11.6. The molecule has 0 unspecified atom stereocenters. The van der Waals surface area contributed by atoms with E-state index in [1.54, 1.807) is 32.8 Å². The smallest absolute Gasteiger partial charge is 0.228 e. The minimum atomic E-state index is -1.50. The zero-order valence-electron chi connectivity index (χ0n) is 22.2. The number of aliphatic hydroxyl groups is 3. The van der Waals surface area contributed by atoms with E-state index in [1.165, 1.54) is 19.2 Å². The third kappa shape index (κ3) is 3.38. The fourth-order valence-electron chi connectivity index (χ4n) is 6.76. The number of ether oxygens (including phenoxy) is 3. The summed E-state index contributed by atoms with van der Waals surface area (Å²) >= 11 is 0. The third-order valence-corrected chi connectivity index (χ3v) is 8.66. The van der Waals surface area contributed by atoms with Crippen molar-refractivity contribution >= 4 is 11.6 Å². The zero-order valence-corrected chi connectivity index (χ0v) is 22.2. The maximum atomic E-state index is 14.1. The molecule has 11 nitrogen and oxygen atoms in total. The molecule has 2 aliphatic heterocycles. The van der Waals surface area contributed by atoms with Crippen LogP contribution in [0.3, 0.4) is 0 Å². The van der Waals surface area contributed by atoms with Crippen molar-refractivity contribution in [3.05, 3.63) is 51.1 Å². The molecule has 2 bridgehead atoms. The number of aliphatic hydroxyl groups excluding tert-OH is 2. The number of rotatable bonds is 2. The molecule has 0 aromatic heterocycles. The monoisotopic (exact) mass is 541 g/mol. The van der Waals surface area contributed by atoms with E-state index in [2.05, 4.69) is 0 Å². The van der Waals surface area contributed by atoms with E-state index < -0.39 is 64.9 Å². The second kappa shape index (κ2) is 8.23. The molecule has 1 fully saturated rings. The number of methoxy groups -OCH3 is 1. The average molecular weight is 542 g/mol. The largest absolute Gasteiger partial charge is 0.507 e. The van der Waals surface area contributed by atoms with E-state index in [-0.39, 0.29) is 46.4 Å². The van der Waals surface area contributed by atoms with Crippen molar-refractivity contribution in [2.75, 3.05) is 21.2 Å². The highest BCUT2D eigenvalue weighted by molar-refractivity contribution is 6.31. The van der Waals surface area contributed by atoms with Gasteiger partial charge in [0.1, 0.15) is 35.1 Å². The van der Waals surface area contributed by atoms with Gasteiger partial charge >= 0.3 is 0 Å². The maximum absolute atomic E-state index is 14.1. The number of nitrogens with zero attached hydrogens (tertiary/aromatic N) is 1. The van der Waals surface area contributed by atoms with Gasteiger partial charge in [-0.1, -0.05) is 0 Å². The maximum Gasteiger partial charge on any atom is 0.228 e. The van der Waals surface area contributed by atoms with Gasteiger partial charge in [0.25, 0.3) is 0 Å². The van der Waals surface area contributed by atoms with Crippen LogP contribution in [-0.4, -0.2) is 93.3 Å². The van der Waals surface area contributed by atoms with E-state index in [1.807, 2.05) is 0 Å². The molecule has 2 aliphatic carbocycles.